The van der Waals surface area contributed by atoms with E-state index in [9.17, 15) is 9.59 Å². The van der Waals surface area contributed by atoms with Crippen molar-refractivity contribution in [1.29, 1.82) is 0 Å². The lowest BCUT2D eigenvalue weighted by Crippen LogP contribution is -2.19. The number of fused-ring (bicyclic) bond motifs is 1. The number of nitrogens with zero attached hydrogens (tertiary/aromatic N) is 2. The lowest BCUT2D eigenvalue weighted by molar-refractivity contribution is -0.116. The molecule has 2 aromatic carbocycles. The minimum Gasteiger partial charge on any atom is -0.326 e. The Morgan fingerprint density at radius 2 is 2.07 bits per heavy atom. The number of rotatable bonds is 5. The summed E-state index contributed by atoms with van der Waals surface area (Å²) >= 11 is 1.50. The van der Waals surface area contributed by atoms with Crippen LogP contribution < -0.4 is 10.6 Å². The zero-order valence-corrected chi connectivity index (χ0v) is 15.3. The van der Waals surface area contributed by atoms with E-state index in [1.165, 1.54) is 11.8 Å². The standard InChI is InChI=1S/C20H18N4O2S/c25-19(22-15-7-8-18-17(10-15)23-20(26)13-27-18)9-6-14-11-21-24(12-14)16-4-2-1-3-5-16/h1-5,7-8,10-12H,6,9,13H2,(H,22,25)(H,23,26). The van der Waals surface area contributed by atoms with E-state index < -0.39 is 0 Å². The molecule has 0 spiro atoms. The smallest absolute Gasteiger partial charge is 0.234 e. The topological polar surface area (TPSA) is 76.0 Å². The van der Waals surface area contributed by atoms with Gasteiger partial charge in [-0.15, -0.1) is 11.8 Å². The quantitative estimate of drug-likeness (QED) is 0.713. The predicted molar refractivity (Wildman–Crippen MR) is 106 cm³/mol. The summed E-state index contributed by atoms with van der Waals surface area (Å²) in [6, 6.07) is 15.4. The first-order chi connectivity index (χ1) is 13.2. The third-order valence-corrected chi connectivity index (χ3v) is 5.27. The van der Waals surface area contributed by atoms with Crippen molar-refractivity contribution in [3.63, 3.8) is 0 Å². The predicted octanol–water partition coefficient (Wildman–Crippen LogP) is 3.49. The summed E-state index contributed by atoms with van der Waals surface area (Å²) in [7, 11) is 0. The Hall–Kier alpha value is -3.06. The maximum atomic E-state index is 12.3. The number of aryl methyl sites for hydroxylation is 1. The molecule has 0 unspecified atom stereocenters. The van der Waals surface area contributed by atoms with Crippen molar-refractivity contribution in [1.82, 2.24) is 9.78 Å². The minimum atomic E-state index is -0.0720. The van der Waals surface area contributed by atoms with E-state index in [0.717, 1.165) is 21.8 Å². The molecule has 2 amide bonds. The van der Waals surface area contributed by atoms with Gasteiger partial charge in [-0.05, 0) is 42.3 Å². The summed E-state index contributed by atoms with van der Waals surface area (Å²) in [5, 5.41) is 10.1. The van der Waals surface area contributed by atoms with Gasteiger partial charge in [0.1, 0.15) is 0 Å². The van der Waals surface area contributed by atoms with E-state index in [2.05, 4.69) is 15.7 Å². The summed E-state index contributed by atoms with van der Waals surface area (Å²) in [6.07, 6.45) is 4.69. The first-order valence-corrected chi connectivity index (χ1v) is 9.61. The Kier molecular flexibility index (Phi) is 4.93. The summed E-state index contributed by atoms with van der Waals surface area (Å²) in [6.45, 7) is 0. The Bertz CT molecular complexity index is 985. The van der Waals surface area contributed by atoms with E-state index in [0.29, 0.717) is 24.3 Å². The van der Waals surface area contributed by atoms with Gasteiger partial charge in [-0.2, -0.15) is 5.10 Å². The molecule has 0 atom stereocenters. The average molecular weight is 378 g/mol. The first kappa shape index (κ1) is 17.4. The number of carbonyl (C=O) groups excluding carboxylic acids is 2. The van der Waals surface area contributed by atoms with Crippen molar-refractivity contribution < 1.29 is 9.59 Å². The molecule has 0 radical (unpaired) electrons. The van der Waals surface area contributed by atoms with Gasteiger partial charge in [-0.3, -0.25) is 9.59 Å². The lowest BCUT2D eigenvalue weighted by Gasteiger charge is -2.17. The molecule has 0 fully saturated rings. The van der Waals surface area contributed by atoms with Crippen molar-refractivity contribution in [2.45, 2.75) is 17.7 Å². The number of hydrogen-bond acceptors (Lipinski definition) is 4. The number of benzene rings is 2. The number of aromatic nitrogens is 2. The van der Waals surface area contributed by atoms with E-state index >= 15 is 0 Å². The van der Waals surface area contributed by atoms with Gasteiger partial charge in [0.15, 0.2) is 0 Å². The second-order valence-electron chi connectivity index (χ2n) is 6.22. The van der Waals surface area contributed by atoms with E-state index in [4.69, 9.17) is 0 Å². The second-order valence-corrected chi connectivity index (χ2v) is 7.24. The second kappa shape index (κ2) is 7.67. The van der Waals surface area contributed by atoms with Crippen LogP contribution in [0.1, 0.15) is 12.0 Å². The molecule has 27 heavy (non-hydrogen) atoms. The fraction of sp³-hybridized carbons (Fsp3) is 0.150. The number of nitrogens with one attached hydrogen (secondary N) is 2. The molecule has 7 heteroatoms. The van der Waals surface area contributed by atoms with Gasteiger partial charge >= 0.3 is 0 Å². The van der Waals surface area contributed by atoms with Gasteiger partial charge in [0.05, 0.1) is 23.3 Å². The third-order valence-electron chi connectivity index (χ3n) is 4.19. The van der Waals surface area contributed by atoms with Crippen LogP contribution in [-0.4, -0.2) is 27.3 Å². The van der Waals surface area contributed by atoms with E-state index in [1.807, 2.05) is 48.7 Å². The largest absolute Gasteiger partial charge is 0.326 e. The molecule has 2 heterocycles. The zero-order valence-electron chi connectivity index (χ0n) is 14.5. The van der Waals surface area contributed by atoms with Gasteiger partial charge in [0, 0.05) is 23.2 Å². The molecule has 4 rings (SSSR count). The molecule has 0 bridgehead atoms. The van der Waals surface area contributed by atoms with Crippen LogP contribution in [0.15, 0.2) is 65.8 Å². The van der Waals surface area contributed by atoms with Crippen LogP contribution in [0.5, 0.6) is 0 Å². The molecule has 0 aliphatic carbocycles. The molecule has 0 saturated carbocycles. The van der Waals surface area contributed by atoms with Crippen molar-refractivity contribution in [2.75, 3.05) is 16.4 Å². The molecule has 3 aromatic rings. The van der Waals surface area contributed by atoms with E-state index in [-0.39, 0.29) is 11.8 Å². The zero-order chi connectivity index (χ0) is 18.6. The van der Waals surface area contributed by atoms with Gasteiger partial charge in [-0.1, -0.05) is 18.2 Å². The molecule has 1 aliphatic heterocycles. The van der Waals surface area contributed by atoms with Crippen LogP contribution in [-0.2, 0) is 16.0 Å². The fourth-order valence-electron chi connectivity index (χ4n) is 2.85. The SMILES string of the molecule is O=C(CCc1cnn(-c2ccccc2)c1)Nc1ccc2c(c1)NC(=O)CS2. The Labute approximate surface area is 161 Å². The van der Waals surface area contributed by atoms with Crippen LogP contribution in [0.4, 0.5) is 11.4 Å². The van der Waals surface area contributed by atoms with Crippen LogP contribution in [0.2, 0.25) is 0 Å². The maximum Gasteiger partial charge on any atom is 0.234 e. The van der Waals surface area contributed by atoms with Gasteiger partial charge in [-0.25, -0.2) is 4.68 Å². The van der Waals surface area contributed by atoms with Crippen LogP contribution in [0, 0.1) is 0 Å². The lowest BCUT2D eigenvalue weighted by atomic mass is 10.2. The highest BCUT2D eigenvalue weighted by molar-refractivity contribution is 8.00. The van der Waals surface area contributed by atoms with Gasteiger partial charge in [0.25, 0.3) is 0 Å². The molecule has 0 saturated heterocycles. The number of carbonyl (C=O) groups is 2. The summed E-state index contributed by atoms with van der Waals surface area (Å²) < 4.78 is 1.80. The molecule has 2 N–H and O–H groups in total. The number of amides is 2. The van der Waals surface area contributed by atoms with Crippen molar-refractivity contribution in [3.05, 3.63) is 66.5 Å². The van der Waals surface area contributed by atoms with Crippen molar-refractivity contribution >= 4 is 35.0 Å². The molecule has 136 valence electrons. The van der Waals surface area contributed by atoms with Crippen LogP contribution in [0.3, 0.4) is 0 Å². The fourth-order valence-corrected chi connectivity index (χ4v) is 3.64. The first-order valence-electron chi connectivity index (χ1n) is 8.63. The molecular weight excluding hydrogens is 360 g/mol. The highest BCUT2D eigenvalue weighted by Gasteiger charge is 2.16. The third kappa shape index (κ3) is 4.20. The van der Waals surface area contributed by atoms with Crippen molar-refractivity contribution in [3.8, 4) is 5.69 Å². The van der Waals surface area contributed by atoms with Gasteiger partial charge < -0.3 is 10.6 Å². The summed E-state index contributed by atoms with van der Waals surface area (Å²) in [5.41, 5.74) is 3.42. The molecule has 1 aromatic heterocycles. The average Bonchev–Trinajstić information content (AvgIpc) is 3.16. The number of para-hydroxylation sites is 1. The number of hydrogen-bond donors (Lipinski definition) is 2. The summed E-state index contributed by atoms with van der Waals surface area (Å²) in [4.78, 5) is 24.8. The van der Waals surface area contributed by atoms with Crippen molar-refractivity contribution in [2.24, 2.45) is 0 Å². The Morgan fingerprint density at radius 3 is 2.93 bits per heavy atom. The molecule has 6 nitrogen and oxygen atoms in total. The number of thioether (sulfide) groups is 1. The maximum absolute atomic E-state index is 12.3. The highest BCUT2D eigenvalue weighted by atomic mass is 32.2. The normalized spacial score (nSPS) is 13.0. The summed E-state index contributed by atoms with van der Waals surface area (Å²) in [5.74, 6) is 0.332. The van der Waals surface area contributed by atoms with Crippen LogP contribution in [0.25, 0.3) is 5.69 Å². The number of anilines is 2. The van der Waals surface area contributed by atoms with Gasteiger partial charge in [0.2, 0.25) is 11.8 Å². The van der Waals surface area contributed by atoms with Crippen LogP contribution >= 0.6 is 11.8 Å². The Balaban J connectivity index is 1.34. The Morgan fingerprint density at radius 1 is 1.22 bits per heavy atom. The molecular formula is C20H18N4O2S. The highest BCUT2D eigenvalue weighted by Crippen LogP contribution is 2.33. The molecule has 1 aliphatic rings. The monoisotopic (exact) mass is 378 g/mol. The minimum absolute atomic E-state index is 0.0218. The van der Waals surface area contributed by atoms with E-state index in [1.54, 1.807) is 16.9 Å².